The fourth-order valence-corrected chi connectivity index (χ4v) is 2.95. The second-order valence-corrected chi connectivity index (χ2v) is 5.86. The van der Waals surface area contributed by atoms with E-state index >= 15 is 0 Å². The molecule has 0 aromatic rings. The third-order valence-electron chi connectivity index (χ3n) is 4.35. The first-order chi connectivity index (χ1) is 9.97. The van der Waals surface area contributed by atoms with Gasteiger partial charge in [-0.25, -0.2) is 0 Å². The summed E-state index contributed by atoms with van der Waals surface area (Å²) in [5, 5.41) is 0. The monoisotopic (exact) mass is 296 g/mol. The van der Waals surface area contributed by atoms with E-state index in [0.717, 1.165) is 25.9 Å². The fraction of sp³-hybridized carbons (Fsp3) is 0.786. The molecule has 0 saturated carbocycles. The van der Waals surface area contributed by atoms with Gasteiger partial charge >= 0.3 is 0 Å². The Hall–Kier alpha value is -1.63. The molecule has 2 aliphatic rings. The predicted octanol–water partition coefficient (Wildman–Crippen LogP) is -1.13. The zero-order valence-corrected chi connectivity index (χ0v) is 12.6. The summed E-state index contributed by atoms with van der Waals surface area (Å²) in [6.07, 6.45) is 1.61. The van der Waals surface area contributed by atoms with E-state index in [9.17, 15) is 14.4 Å². The topological polar surface area (TPSA) is 87.0 Å². The van der Waals surface area contributed by atoms with Crippen LogP contribution in [0.3, 0.4) is 0 Å². The van der Waals surface area contributed by atoms with Gasteiger partial charge < -0.3 is 15.5 Å². The van der Waals surface area contributed by atoms with Crippen LogP contribution >= 0.6 is 0 Å². The number of nitrogens with zero attached hydrogens (tertiary/aromatic N) is 3. The molecule has 2 saturated heterocycles. The van der Waals surface area contributed by atoms with Crippen LogP contribution in [0.5, 0.6) is 0 Å². The standard InChI is InChI=1S/C14H24N4O3/c1-11(19)17-7-5-16(6-8-17)10-13(20)18-4-2-3-12(9-18)14(15)21/h12H,2-10H2,1H3,(H2,15,21). The van der Waals surface area contributed by atoms with Crippen LogP contribution in [0.25, 0.3) is 0 Å². The molecular formula is C14H24N4O3. The van der Waals surface area contributed by atoms with Crippen LogP contribution in [0.2, 0.25) is 0 Å². The van der Waals surface area contributed by atoms with Crippen LogP contribution in [0.15, 0.2) is 0 Å². The number of amides is 3. The third kappa shape index (κ3) is 4.17. The zero-order chi connectivity index (χ0) is 15.4. The molecule has 0 aromatic carbocycles. The summed E-state index contributed by atoms with van der Waals surface area (Å²) in [6.45, 7) is 5.86. The van der Waals surface area contributed by atoms with Crippen molar-refractivity contribution in [2.24, 2.45) is 11.7 Å². The van der Waals surface area contributed by atoms with E-state index < -0.39 is 0 Å². The van der Waals surface area contributed by atoms with Crippen molar-refractivity contribution in [1.29, 1.82) is 0 Å². The molecule has 1 unspecified atom stereocenters. The molecule has 0 aromatic heterocycles. The predicted molar refractivity (Wildman–Crippen MR) is 77.2 cm³/mol. The molecule has 2 aliphatic heterocycles. The Morgan fingerprint density at radius 2 is 1.71 bits per heavy atom. The molecule has 7 nitrogen and oxygen atoms in total. The van der Waals surface area contributed by atoms with E-state index in [4.69, 9.17) is 5.73 Å². The minimum atomic E-state index is -0.317. The minimum Gasteiger partial charge on any atom is -0.369 e. The summed E-state index contributed by atoms with van der Waals surface area (Å²) in [4.78, 5) is 40.4. The molecule has 2 heterocycles. The Morgan fingerprint density at radius 1 is 1.05 bits per heavy atom. The summed E-state index contributed by atoms with van der Waals surface area (Å²) in [6, 6.07) is 0. The SMILES string of the molecule is CC(=O)N1CCN(CC(=O)N2CCCC(C(N)=O)C2)CC1. The fourth-order valence-electron chi connectivity index (χ4n) is 2.95. The van der Waals surface area contributed by atoms with Gasteiger partial charge in [0.2, 0.25) is 17.7 Å². The molecule has 21 heavy (non-hydrogen) atoms. The molecule has 0 bridgehead atoms. The lowest BCUT2D eigenvalue weighted by atomic mass is 9.97. The number of carbonyl (C=O) groups excluding carboxylic acids is 3. The maximum Gasteiger partial charge on any atom is 0.236 e. The number of piperazine rings is 1. The number of hydrogen-bond acceptors (Lipinski definition) is 4. The molecule has 2 fully saturated rings. The first kappa shape index (κ1) is 15.8. The number of hydrogen-bond donors (Lipinski definition) is 1. The van der Waals surface area contributed by atoms with Gasteiger partial charge in [0.05, 0.1) is 12.5 Å². The Bertz CT molecular complexity index is 418. The van der Waals surface area contributed by atoms with E-state index in [2.05, 4.69) is 4.90 Å². The average Bonchev–Trinajstić information content (AvgIpc) is 2.48. The summed E-state index contributed by atoms with van der Waals surface area (Å²) in [5.74, 6) is -0.390. The van der Waals surface area contributed by atoms with Crippen molar-refractivity contribution in [3.63, 3.8) is 0 Å². The lowest BCUT2D eigenvalue weighted by Crippen LogP contribution is -2.52. The zero-order valence-electron chi connectivity index (χ0n) is 12.6. The van der Waals surface area contributed by atoms with E-state index in [0.29, 0.717) is 32.7 Å². The van der Waals surface area contributed by atoms with E-state index in [1.54, 1.807) is 16.7 Å². The number of likely N-dealkylation sites (tertiary alicyclic amines) is 1. The molecule has 2 rings (SSSR count). The molecule has 0 radical (unpaired) electrons. The van der Waals surface area contributed by atoms with Crippen LogP contribution in [-0.4, -0.2) is 78.2 Å². The van der Waals surface area contributed by atoms with Gasteiger partial charge in [-0.1, -0.05) is 0 Å². The highest BCUT2D eigenvalue weighted by molar-refractivity contribution is 5.81. The van der Waals surface area contributed by atoms with Crippen LogP contribution < -0.4 is 5.73 Å². The Balaban J connectivity index is 1.79. The van der Waals surface area contributed by atoms with Gasteiger partial charge in [0.1, 0.15) is 0 Å². The van der Waals surface area contributed by atoms with E-state index in [1.807, 2.05) is 0 Å². The Kier molecular flexibility index (Phi) is 5.17. The second kappa shape index (κ2) is 6.89. The summed E-state index contributed by atoms with van der Waals surface area (Å²) in [5.41, 5.74) is 5.33. The Morgan fingerprint density at radius 3 is 2.29 bits per heavy atom. The van der Waals surface area contributed by atoms with E-state index in [1.165, 1.54) is 0 Å². The van der Waals surface area contributed by atoms with Crippen LogP contribution in [-0.2, 0) is 14.4 Å². The van der Waals surface area contributed by atoms with Crippen molar-refractivity contribution in [3.8, 4) is 0 Å². The van der Waals surface area contributed by atoms with Crippen LogP contribution in [0.4, 0.5) is 0 Å². The largest absolute Gasteiger partial charge is 0.369 e. The Labute approximate surface area is 125 Å². The highest BCUT2D eigenvalue weighted by Crippen LogP contribution is 2.16. The van der Waals surface area contributed by atoms with Gasteiger partial charge in [-0.3, -0.25) is 19.3 Å². The quantitative estimate of drug-likeness (QED) is 0.714. The maximum atomic E-state index is 12.3. The lowest BCUT2D eigenvalue weighted by Gasteiger charge is -2.36. The number of rotatable bonds is 3. The normalized spacial score (nSPS) is 24.0. The summed E-state index contributed by atoms with van der Waals surface area (Å²) in [7, 11) is 0. The van der Waals surface area contributed by atoms with Crippen molar-refractivity contribution in [3.05, 3.63) is 0 Å². The molecular weight excluding hydrogens is 272 g/mol. The van der Waals surface area contributed by atoms with Gasteiger partial charge in [-0.2, -0.15) is 0 Å². The average molecular weight is 296 g/mol. The van der Waals surface area contributed by atoms with Crippen molar-refractivity contribution >= 4 is 17.7 Å². The number of primary amides is 1. The van der Waals surface area contributed by atoms with Crippen molar-refractivity contribution in [1.82, 2.24) is 14.7 Å². The van der Waals surface area contributed by atoms with Crippen molar-refractivity contribution < 1.29 is 14.4 Å². The molecule has 7 heteroatoms. The molecule has 118 valence electrons. The van der Waals surface area contributed by atoms with Gasteiger partial charge in [0.25, 0.3) is 0 Å². The maximum absolute atomic E-state index is 12.3. The third-order valence-corrected chi connectivity index (χ3v) is 4.35. The van der Waals surface area contributed by atoms with Gasteiger partial charge in [-0.15, -0.1) is 0 Å². The molecule has 2 N–H and O–H groups in total. The van der Waals surface area contributed by atoms with Gasteiger partial charge in [0, 0.05) is 46.2 Å². The molecule has 0 aliphatic carbocycles. The van der Waals surface area contributed by atoms with Crippen LogP contribution in [0, 0.1) is 5.92 Å². The smallest absolute Gasteiger partial charge is 0.236 e. The minimum absolute atomic E-state index is 0.0530. The van der Waals surface area contributed by atoms with E-state index in [-0.39, 0.29) is 23.6 Å². The van der Waals surface area contributed by atoms with Gasteiger partial charge in [0.15, 0.2) is 0 Å². The second-order valence-electron chi connectivity index (χ2n) is 5.86. The van der Waals surface area contributed by atoms with Crippen LogP contribution in [0.1, 0.15) is 19.8 Å². The highest BCUT2D eigenvalue weighted by atomic mass is 16.2. The lowest BCUT2D eigenvalue weighted by molar-refractivity contribution is -0.136. The number of carbonyl (C=O) groups is 3. The molecule has 3 amide bonds. The summed E-state index contributed by atoms with van der Waals surface area (Å²) >= 11 is 0. The first-order valence-corrected chi connectivity index (χ1v) is 7.52. The highest BCUT2D eigenvalue weighted by Gasteiger charge is 2.28. The summed E-state index contributed by atoms with van der Waals surface area (Å²) < 4.78 is 0. The molecule has 0 spiro atoms. The van der Waals surface area contributed by atoms with Crippen molar-refractivity contribution in [2.75, 3.05) is 45.8 Å². The first-order valence-electron chi connectivity index (χ1n) is 7.52. The van der Waals surface area contributed by atoms with Gasteiger partial charge in [-0.05, 0) is 12.8 Å². The number of piperidine rings is 1. The number of nitrogens with two attached hydrogens (primary N) is 1. The molecule has 1 atom stereocenters. The van der Waals surface area contributed by atoms with Crippen molar-refractivity contribution in [2.45, 2.75) is 19.8 Å².